The minimum Gasteiger partial charge on any atom is -0.389 e. The molecule has 0 unspecified atom stereocenters. The monoisotopic (exact) mass is 314 g/mol. The van der Waals surface area contributed by atoms with Crippen molar-refractivity contribution in [3.05, 3.63) is 35.4 Å². The summed E-state index contributed by atoms with van der Waals surface area (Å²) in [6, 6.07) is 6.64. The van der Waals surface area contributed by atoms with Crippen LogP contribution in [0.25, 0.3) is 0 Å². The van der Waals surface area contributed by atoms with Gasteiger partial charge in [0.15, 0.2) is 9.84 Å². The van der Waals surface area contributed by atoms with E-state index in [9.17, 15) is 13.2 Å². The standard InChI is InChI=1S/C13H18N2O3S2/c1-2-7-15-12(16)9-20(17,18)8-10-3-5-11(6-4-10)13(14)19/h3-6H,2,7-9H2,1H3,(H2,14,19)(H,15,16). The van der Waals surface area contributed by atoms with Crippen LogP contribution in [0.4, 0.5) is 0 Å². The lowest BCUT2D eigenvalue weighted by atomic mass is 10.1. The van der Waals surface area contributed by atoms with E-state index in [0.29, 0.717) is 17.7 Å². The van der Waals surface area contributed by atoms with E-state index in [2.05, 4.69) is 5.32 Å². The van der Waals surface area contributed by atoms with Crippen LogP contribution in [0.3, 0.4) is 0 Å². The zero-order valence-electron chi connectivity index (χ0n) is 11.3. The molecule has 0 fully saturated rings. The second kappa shape index (κ2) is 7.35. The van der Waals surface area contributed by atoms with Crippen molar-refractivity contribution in [2.45, 2.75) is 19.1 Å². The maximum atomic E-state index is 11.9. The Hall–Kier alpha value is -1.47. The molecule has 0 aliphatic heterocycles. The van der Waals surface area contributed by atoms with Crippen molar-refractivity contribution in [3.8, 4) is 0 Å². The summed E-state index contributed by atoms with van der Waals surface area (Å²) < 4.78 is 23.8. The number of thiocarbonyl (C=S) groups is 1. The number of sulfone groups is 1. The van der Waals surface area contributed by atoms with Gasteiger partial charge in [-0.15, -0.1) is 0 Å². The largest absolute Gasteiger partial charge is 0.389 e. The van der Waals surface area contributed by atoms with Crippen LogP contribution < -0.4 is 11.1 Å². The maximum Gasteiger partial charge on any atom is 0.235 e. The molecular weight excluding hydrogens is 296 g/mol. The van der Waals surface area contributed by atoms with Crippen molar-refractivity contribution >= 4 is 33.0 Å². The molecule has 3 N–H and O–H groups in total. The molecule has 0 aliphatic rings. The highest BCUT2D eigenvalue weighted by atomic mass is 32.2. The van der Waals surface area contributed by atoms with Gasteiger partial charge in [-0.3, -0.25) is 4.79 Å². The predicted molar refractivity (Wildman–Crippen MR) is 83.1 cm³/mol. The molecule has 0 radical (unpaired) electrons. The Kier molecular flexibility index (Phi) is 6.09. The van der Waals surface area contributed by atoms with Crippen molar-refractivity contribution in [2.75, 3.05) is 12.3 Å². The molecule has 0 saturated heterocycles. The summed E-state index contributed by atoms with van der Waals surface area (Å²) in [5.41, 5.74) is 6.75. The molecule has 7 heteroatoms. The lowest BCUT2D eigenvalue weighted by molar-refractivity contribution is -0.118. The summed E-state index contributed by atoms with van der Waals surface area (Å²) in [7, 11) is -3.47. The fraction of sp³-hybridized carbons (Fsp3) is 0.385. The SMILES string of the molecule is CCCNC(=O)CS(=O)(=O)Cc1ccc(C(N)=S)cc1. The lowest BCUT2D eigenvalue weighted by Gasteiger charge is -2.06. The highest BCUT2D eigenvalue weighted by molar-refractivity contribution is 7.91. The van der Waals surface area contributed by atoms with E-state index < -0.39 is 21.5 Å². The van der Waals surface area contributed by atoms with Crippen LogP contribution in [-0.2, 0) is 20.4 Å². The normalized spacial score (nSPS) is 11.1. The van der Waals surface area contributed by atoms with Gasteiger partial charge in [-0.2, -0.15) is 0 Å². The first-order valence-electron chi connectivity index (χ1n) is 6.20. The number of hydrogen-bond donors (Lipinski definition) is 2. The molecule has 1 aromatic carbocycles. The van der Waals surface area contributed by atoms with Crippen molar-refractivity contribution in [1.29, 1.82) is 0 Å². The molecule has 5 nitrogen and oxygen atoms in total. The van der Waals surface area contributed by atoms with Gasteiger partial charge >= 0.3 is 0 Å². The van der Waals surface area contributed by atoms with Gasteiger partial charge in [0.25, 0.3) is 0 Å². The highest BCUT2D eigenvalue weighted by Crippen LogP contribution is 2.09. The average molecular weight is 314 g/mol. The van der Waals surface area contributed by atoms with Crippen molar-refractivity contribution in [1.82, 2.24) is 5.32 Å². The van der Waals surface area contributed by atoms with Crippen molar-refractivity contribution in [3.63, 3.8) is 0 Å². The molecular formula is C13H18N2O3S2. The number of carbonyl (C=O) groups excluding carboxylic acids is 1. The zero-order chi connectivity index (χ0) is 15.2. The summed E-state index contributed by atoms with van der Waals surface area (Å²) >= 11 is 4.82. The molecule has 110 valence electrons. The van der Waals surface area contributed by atoms with Gasteiger partial charge in [0.2, 0.25) is 5.91 Å². The third-order valence-electron chi connectivity index (χ3n) is 2.55. The van der Waals surface area contributed by atoms with Crippen molar-refractivity contribution < 1.29 is 13.2 Å². The Bertz CT molecular complexity index is 580. The van der Waals surface area contributed by atoms with E-state index in [4.69, 9.17) is 18.0 Å². The van der Waals surface area contributed by atoms with Gasteiger partial charge in [0.1, 0.15) is 10.7 Å². The first kappa shape index (κ1) is 16.6. The first-order chi connectivity index (χ1) is 9.34. The summed E-state index contributed by atoms with van der Waals surface area (Å²) in [5.74, 6) is -1.14. The number of rotatable bonds is 7. The summed E-state index contributed by atoms with van der Waals surface area (Å²) in [6.45, 7) is 2.38. The molecule has 0 aliphatic carbocycles. The van der Waals surface area contributed by atoms with Crippen LogP contribution in [0, 0.1) is 0 Å². The second-order valence-electron chi connectivity index (χ2n) is 4.44. The topological polar surface area (TPSA) is 89.3 Å². The van der Waals surface area contributed by atoms with E-state index in [1.165, 1.54) is 0 Å². The number of nitrogens with one attached hydrogen (secondary N) is 1. The number of carbonyl (C=O) groups is 1. The molecule has 20 heavy (non-hydrogen) atoms. The molecule has 1 aromatic rings. The number of nitrogens with two attached hydrogens (primary N) is 1. The average Bonchev–Trinajstić information content (AvgIpc) is 2.35. The Morgan fingerprint density at radius 2 is 1.90 bits per heavy atom. The van der Waals surface area contributed by atoms with Gasteiger partial charge in [-0.05, 0) is 12.0 Å². The first-order valence-corrected chi connectivity index (χ1v) is 8.43. The lowest BCUT2D eigenvalue weighted by Crippen LogP contribution is -2.31. The summed E-state index contributed by atoms with van der Waals surface area (Å²) in [4.78, 5) is 11.7. The Morgan fingerprint density at radius 3 is 2.40 bits per heavy atom. The van der Waals surface area contributed by atoms with Crippen LogP contribution in [0.15, 0.2) is 24.3 Å². The van der Waals surface area contributed by atoms with Crippen LogP contribution >= 0.6 is 12.2 Å². The highest BCUT2D eigenvalue weighted by Gasteiger charge is 2.17. The minimum atomic E-state index is -3.47. The van der Waals surface area contributed by atoms with Gasteiger partial charge in [-0.25, -0.2) is 8.42 Å². The zero-order valence-corrected chi connectivity index (χ0v) is 12.9. The molecule has 0 aromatic heterocycles. The maximum absolute atomic E-state index is 11.9. The van der Waals surface area contributed by atoms with Crippen LogP contribution in [-0.4, -0.2) is 31.6 Å². The number of amides is 1. The second-order valence-corrected chi connectivity index (χ2v) is 6.95. The third-order valence-corrected chi connectivity index (χ3v) is 4.26. The predicted octanol–water partition coefficient (Wildman–Crippen LogP) is 0.762. The van der Waals surface area contributed by atoms with Crippen LogP contribution in [0.5, 0.6) is 0 Å². The fourth-order valence-corrected chi connectivity index (χ4v) is 3.03. The fourth-order valence-electron chi connectivity index (χ4n) is 1.59. The summed E-state index contributed by atoms with van der Waals surface area (Å²) in [6.07, 6.45) is 0.770. The smallest absolute Gasteiger partial charge is 0.235 e. The molecule has 0 saturated carbocycles. The van der Waals surface area contributed by atoms with E-state index in [-0.39, 0.29) is 10.7 Å². The number of benzene rings is 1. The number of hydrogen-bond acceptors (Lipinski definition) is 4. The van der Waals surface area contributed by atoms with Crippen LogP contribution in [0.1, 0.15) is 24.5 Å². The van der Waals surface area contributed by atoms with E-state index in [1.54, 1.807) is 24.3 Å². The molecule has 0 spiro atoms. The van der Waals surface area contributed by atoms with E-state index in [1.807, 2.05) is 6.92 Å². The van der Waals surface area contributed by atoms with E-state index in [0.717, 1.165) is 6.42 Å². The van der Waals surface area contributed by atoms with Gasteiger partial charge in [0, 0.05) is 12.1 Å². The van der Waals surface area contributed by atoms with E-state index >= 15 is 0 Å². The third kappa shape index (κ3) is 5.66. The Balaban J connectivity index is 2.66. The molecule has 1 amide bonds. The minimum absolute atomic E-state index is 0.176. The summed E-state index contributed by atoms with van der Waals surface area (Å²) in [5, 5.41) is 2.55. The molecule has 0 heterocycles. The van der Waals surface area contributed by atoms with Gasteiger partial charge < -0.3 is 11.1 Å². The Morgan fingerprint density at radius 1 is 1.30 bits per heavy atom. The van der Waals surface area contributed by atoms with Gasteiger partial charge in [-0.1, -0.05) is 43.4 Å². The van der Waals surface area contributed by atoms with Crippen molar-refractivity contribution in [2.24, 2.45) is 5.73 Å². The molecule has 0 atom stereocenters. The Labute approximate surface area is 124 Å². The quantitative estimate of drug-likeness (QED) is 0.725. The van der Waals surface area contributed by atoms with Gasteiger partial charge in [0.05, 0.1) is 5.75 Å². The molecule has 1 rings (SSSR count). The molecule has 0 bridgehead atoms. The van der Waals surface area contributed by atoms with Crippen LogP contribution in [0.2, 0.25) is 0 Å².